The second kappa shape index (κ2) is 9.56. The molecule has 0 radical (unpaired) electrons. The fourth-order valence-corrected chi connectivity index (χ4v) is 3.21. The molecule has 0 aliphatic carbocycles. The molecule has 0 aromatic carbocycles. The lowest BCUT2D eigenvalue weighted by Crippen LogP contribution is -2.21. The summed E-state index contributed by atoms with van der Waals surface area (Å²) in [4.78, 5) is 12.8. The summed E-state index contributed by atoms with van der Waals surface area (Å²) in [6, 6.07) is 4.06. The standard InChI is InChI=1S/C14H22BrNOS/c1-2-3-4-5-6-7-8-14(17)16-11-12-9-10-13(15)18-12/h9-10H,2-8,11H2,1H3,(H,16,17). The zero-order chi connectivity index (χ0) is 13.2. The Kier molecular flexibility index (Phi) is 8.34. The molecule has 18 heavy (non-hydrogen) atoms. The van der Waals surface area contributed by atoms with Gasteiger partial charge < -0.3 is 5.32 Å². The summed E-state index contributed by atoms with van der Waals surface area (Å²) in [5.74, 6) is 0.176. The van der Waals surface area contributed by atoms with E-state index in [0.717, 1.165) is 10.2 Å². The highest BCUT2D eigenvalue weighted by atomic mass is 79.9. The van der Waals surface area contributed by atoms with Crippen molar-refractivity contribution in [1.29, 1.82) is 0 Å². The van der Waals surface area contributed by atoms with Gasteiger partial charge in [0, 0.05) is 11.3 Å². The molecule has 2 nitrogen and oxygen atoms in total. The minimum atomic E-state index is 0.176. The lowest BCUT2D eigenvalue weighted by Gasteiger charge is -2.03. The van der Waals surface area contributed by atoms with Crippen LogP contribution in [0.1, 0.15) is 56.7 Å². The maximum absolute atomic E-state index is 11.6. The van der Waals surface area contributed by atoms with E-state index in [2.05, 4.69) is 28.2 Å². The number of hydrogen-bond acceptors (Lipinski definition) is 2. The monoisotopic (exact) mass is 331 g/mol. The van der Waals surface area contributed by atoms with Gasteiger partial charge in [0.05, 0.1) is 10.3 Å². The van der Waals surface area contributed by atoms with Gasteiger partial charge >= 0.3 is 0 Å². The summed E-state index contributed by atoms with van der Waals surface area (Å²) in [5.41, 5.74) is 0. The Morgan fingerprint density at radius 2 is 1.94 bits per heavy atom. The van der Waals surface area contributed by atoms with Crippen LogP contribution in [0.25, 0.3) is 0 Å². The molecule has 0 aliphatic rings. The SMILES string of the molecule is CCCCCCCCC(=O)NCc1ccc(Br)s1. The van der Waals surface area contributed by atoms with Crippen LogP contribution in [0, 0.1) is 0 Å². The molecule has 0 atom stereocenters. The molecule has 0 spiro atoms. The minimum Gasteiger partial charge on any atom is -0.351 e. The van der Waals surface area contributed by atoms with Gasteiger partial charge in [-0.05, 0) is 34.5 Å². The molecule has 0 fully saturated rings. The van der Waals surface area contributed by atoms with Crippen molar-refractivity contribution in [3.63, 3.8) is 0 Å². The quantitative estimate of drug-likeness (QED) is 0.642. The van der Waals surface area contributed by atoms with Crippen LogP contribution in [0.5, 0.6) is 0 Å². The first kappa shape index (κ1) is 15.7. The van der Waals surface area contributed by atoms with Crippen LogP contribution < -0.4 is 5.32 Å². The fraction of sp³-hybridized carbons (Fsp3) is 0.643. The van der Waals surface area contributed by atoms with Crippen molar-refractivity contribution in [2.45, 2.75) is 58.4 Å². The first-order chi connectivity index (χ1) is 8.72. The maximum atomic E-state index is 11.6. The lowest BCUT2D eigenvalue weighted by atomic mass is 10.1. The molecule has 1 aromatic rings. The summed E-state index contributed by atoms with van der Waals surface area (Å²) in [6.07, 6.45) is 8.02. The summed E-state index contributed by atoms with van der Waals surface area (Å²) < 4.78 is 1.11. The van der Waals surface area contributed by atoms with E-state index in [9.17, 15) is 4.79 Å². The highest BCUT2D eigenvalue weighted by Crippen LogP contribution is 2.21. The van der Waals surface area contributed by atoms with Crippen molar-refractivity contribution in [3.05, 3.63) is 20.8 Å². The molecular formula is C14H22BrNOS. The third-order valence-corrected chi connectivity index (χ3v) is 4.47. The Labute approximate surface area is 122 Å². The number of rotatable bonds is 9. The number of thiophene rings is 1. The van der Waals surface area contributed by atoms with E-state index in [-0.39, 0.29) is 5.91 Å². The Balaban J connectivity index is 2.00. The second-order valence-corrected chi connectivity index (χ2v) is 7.05. The highest BCUT2D eigenvalue weighted by molar-refractivity contribution is 9.11. The van der Waals surface area contributed by atoms with Crippen molar-refractivity contribution >= 4 is 33.2 Å². The third kappa shape index (κ3) is 7.17. The molecule has 1 rings (SSSR count). The molecule has 0 saturated carbocycles. The van der Waals surface area contributed by atoms with Crippen LogP contribution in [0.3, 0.4) is 0 Å². The average molecular weight is 332 g/mol. The number of carbonyl (C=O) groups is 1. The zero-order valence-corrected chi connectivity index (χ0v) is 13.4. The molecule has 0 bridgehead atoms. The maximum Gasteiger partial charge on any atom is 0.220 e. The van der Waals surface area contributed by atoms with Crippen molar-refractivity contribution in [2.75, 3.05) is 0 Å². The van der Waals surface area contributed by atoms with Crippen molar-refractivity contribution < 1.29 is 4.79 Å². The van der Waals surface area contributed by atoms with Gasteiger partial charge in [-0.25, -0.2) is 0 Å². The Hall–Kier alpha value is -0.350. The smallest absolute Gasteiger partial charge is 0.220 e. The number of carbonyl (C=O) groups excluding carboxylic acids is 1. The lowest BCUT2D eigenvalue weighted by molar-refractivity contribution is -0.121. The predicted octanol–water partition coefficient (Wildman–Crippen LogP) is 4.88. The molecule has 1 N–H and O–H groups in total. The molecule has 0 unspecified atom stereocenters. The zero-order valence-electron chi connectivity index (χ0n) is 11.0. The molecule has 1 aromatic heterocycles. The van der Waals surface area contributed by atoms with Gasteiger partial charge in [-0.15, -0.1) is 11.3 Å². The number of nitrogens with one attached hydrogen (secondary N) is 1. The van der Waals surface area contributed by atoms with E-state index in [0.29, 0.717) is 13.0 Å². The third-order valence-electron chi connectivity index (χ3n) is 2.85. The highest BCUT2D eigenvalue weighted by Gasteiger charge is 2.02. The van der Waals surface area contributed by atoms with Gasteiger partial charge in [0.1, 0.15) is 0 Å². The molecule has 1 heterocycles. The fourth-order valence-electron chi connectivity index (χ4n) is 1.79. The topological polar surface area (TPSA) is 29.1 Å². The van der Waals surface area contributed by atoms with Crippen molar-refractivity contribution in [1.82, 2.24) is 5.32 Å². The summed E-state index contributed by atoms with van der Waals surface area (Å²) in [5, 5.41) is 2.96. The Bertz CT molecular complexity index is 351. The Morgan fingerprint density at radius 3 is 2.61 bits per heavy atom. The molecule has 4 heteroatoms. The number of unbranched alkanes of at least 4 members (excludes halogenated alkanes) is 5. The molecule has 0 aliphatic heterocycles. The summed E-state index contributed by atoms with van der Waals surface area (Å²) in [6.45, 7) is 2.88. The number of amides is 1. The molecule has 0 saturated heterocycles. The first-order valence-corrected chi connectivity index (χ1v) is 8.34. The van der Waals surface area contributed by atoms with Crippen LogP contribution in [-0.4, -0.2) is 5.91 Å². The van der Waals surface area contributed by atoms with Crippen molar-refractivity contribution in [2.24, 2.45) is 0 Å². The van der Waals surface area contributed by atoms with Gasteiger partial charge in [0.2, 0.25) is 5.91 Å². The second-order valence-electron chi connectivity index (χ2n) is 4.50. The predicted molar refractivity (Wildman–Crippen MR) is 81.9 cm³/mol. The van der Waals surface area contributed by atoms with Gasteiger partial charge in [0.25, 0.3) is 0 Å². The van der Waals surface area contributed by atoms with E-state index >= 15 is 0 Å². The summed E-state index contributed by atoms with van der Waals surface area (Å²) in [7, 11) is 0. The van der Waals surface area contributed by atoms with Crippen molar-refractivity contribution in [3.8, 4) is 0 Å². The number of halogens is 1. The van der Waals surface area contributed by atoms with E-state index in [1.807, 2.05) is 12.1 Å². The van der Waals surface area contributed by atoms with Gasteiger partial charge in [-0.1, -0.05) is 39.0 Å². The van der Waals surface area contributed by atoms with Crippen LogP contribution in [0.2, 0.25) is 0 Å². The van der Waals surface area contributed by atoms with Gasteiger partial charge in [-0.2, -0.15) is 0 Å². The number of hydrogen-bond donors (Lipinski definition) is 1. The minimum absolute atomic E-state index is 0.176. The first-order valence-electron chi connectivity index (χ1n) is 6.73. The van der Waals surface area contributed by atoms with Gasteiger partial charge in [-0.3, -0.25) is 4.79 Å². The van der Waals surface area contributed by atoms with Crippen LogP contribution in [0.4, 0.5) is 0 Å². The van der Waals surface area contributed by atoms with Crippen LogP contribution in [0.15, 0.2) is 15.9 Å². The molecule has 1 amide bonds. The summed E-state index contributed by atoms with van der Waals surface area (Å²) >= 11 is 5.09. The molecular weight excluding hydrogens is 310 g/mol. The van der Waals surface area contributed by atoms with E-state index in [4.69, 9.17) is 0 Å². The van der Waals surface area contributed by atoms with E-state index in [1.165, 1.54) is 37.0 Å². The van der Waals surface area contributed by atoms with Crippen LogP contribution in [-0.2, 0) is 11.3 Å². The largest absolute Gasteiger partial charge is 0.351 e. The van der Waals surface area contributed by atoms with Gasteiger partial charge in [0.15, 0.2) is 0 Å². The normalized spacial score (nSPS) is 10.6. The van der Waals surface area contributed by atoms with E-state index < -0.39 is 0 Å². The van der Waals surface area contributed by atoms with E-state index in [1.54, 1.807) is 11.3 Å². The van der Waals surface area contributed by atoms with Crippen LogP contribution >= 0.6 is 27.3 Å². The average Bonchev–Trinajstić information content (AvgIpc) is 2.77. The molecule has 102 valence electrons. The Morgan fingerprint density at radius 1 is 1.22 bits per heavy atom.